The zero-order chi connectivity index (χ0) is 20.1. The Kier molecular flexibility index (Phi) is 8.03. The smallest absolute Gasteiger partial charge is 0.231 e. The molecule has 0 atom stereocenters. The fraction of sp³-hybridized carbons (Fsp3) is 0.409. The Morgan fingerprint density at radius 1 is 1.00 bits per heavy atom. The number of halogens is 1. The summed E-state index contributed by atoms with van der Waals surface area (Å²) in [5.74, 6) is 3.51. The Balaban J connectivity index is 0.00000256. The lowest BCUT2D eigenvalue weighted by Gasteiger charge is -2.36. The van der Waals surface area contributed by atoms with Crippen LogP contribution >= 0.6 is 24.0 Å². The molecule has 8 heteroatoms. The Labute approximate surface area is 195 Å². The summed E-state index contributed by atoms with van der Waals surface area (Å²) in [4.78, 5) is 9.25. The monoisotopic (exact) mass is 524 g/mol. The Morgan fingerprint density at radius 2 is 1.70 bits per heavy atom. The van der Waals surface area contributed by atoms with Crippen molar-refractivity contribution in [3.63, 3.8) is 0 Å². The van der Waals surface area contributed by atoms with Crippen LogP contribution in [-0.2, 0) is 13.1 Å². The molecule has 0 aromatic heterocycles. The first-order chi connectivity index (χ1) is 14.2. The molecule has 0 bridgehead atoms. The third-order valence-electron chi connectivity index (χ3n) is 5.34. The molecule has 4 rings (SSSR count). The Bertz CT molecular complexity index is 852. The van der Waals surface area contributed by atoms with E-state index < -0.39 is 0 Å². The van der Waals surface area contributed by atoms with Crippen LogP contribution in [0.25, 0.3) is 0 Å². The van der Waals surface area contributed by atoms with Crippen molar-refractivity contribution >= 4 is 29.9 Å². The minimum atomic E-state index is 0. The van der Waals surface area contributed by atoms with E-state index in [4.69, 9.17) is 14.2 Å². The SMILES string of the molecule is CN=C(NCc1ccc(OC)cc1)N1CCN(Cc2ccc3c(c2)OCO3)CC1.I. The van der Waals surface area contributed by atoms with Gasteiger partial charge in [0.1, 0.15) is 5.75 Å². The lowest BCUT2D eigenvalue weighted by Crippen LogP contribution is -2.52. The number of rotatable bonds is 5. The van der Waals surface area contributed by atoms with Gasteiger partial charge in [-0.05, 0) is 35.4 Å². The van der Waals surface area contributed by atoms with E-state index in [0.29, 0.717) is 6.79 Å². The zero-order valence-electron chi connectivity index (χ0n) is 17.5. The summed E-state index contributed by atoms with van der Waals surface area (Å²) in [5, 5.41) is 3.47. The summed E-state index contributed by atoms with van der Waals surface area (Å²) < 4.78 is 16.1. The molecule has 2 heterocycles. The van der Waals surface area contributed by atoms with Crippen molar-refractivity contribution in [2.24, 2.45) is 4.99 Å². The summed E-state index contributed by atoms with van der Waals surface area (Å²) in [6.07, 6.45) is 0. The van der Waals surface area contributed by atoms with Crippen LogP contribution in [0.4, 0.5) is 0 Å². The molecule has 0 spiro atoms. The molecule has 0 amide bonds. The maximum Gasteiger partial charge on any atom is 0.231 e. The van der Waals surface area contributed by atoms with Crippen molar-refractivity contribution in [2.45, 2.75) is 13.1 Å². The summed E-state index contributed by atoms with van der Waals surface area (Å²) >= 11 is 0. The predicted molar refractivity (Wildman–Crippen MR) is 128 cm³/mol. The Hall–Kier alpha value is -2.20. The molecule has 0 saturated carbocycles. The fourth-order valence-electron chi connectivity index (χ4n) is 3.67. The van der Waals surface area contributed by atoms with Crippen LogP contribution in [0.15, 0.2) is 47.5 Å². The zero-order valence-corrected chi connectivity index (χ0v) is 19.8. The van der Waals surface area contributed by atoms with Crippen molar-refractivity contribution < 1.29 is 14.2 Å². The van der Waals surface area contributed by atoms with E-state index >= 15 is 0 Å². The lowest BCUT2D eigenvalue weighted by molar-refractivity contribution is 0.171. The van der Waals surface area contributed by atoms with Gasteiger partial charge >= 0.3 is 0 Å². The molecule has 1 N–H and O–H groups in total. The van der Waals surface area contributed by atoms with Gasteiger partial charge in [-0.15, -0.1) is 24.0 Å². The molecular weight excluding hydrogens is 495 g/mol. The van der Waals surface area contributed by atoms with Crippen molar-refractivity contribution in [1.82, 2.24) is 15.1 Å². The highest BCUT2D eigenvalue weighted by Crippen LogP contribution is 2.32. The van der Waals surface area contributed by atoms with E-state index in [1.54, 1.807) is 7.11 Å². The molecule has 162 valence electrons. The van der Waals surface area contributed by atoms with Crippen LogP contribution in [0, 0.1) is 0 Å². The van der Waals surface area contributed by atoms with E-state index in [-0.39, 0.29) is 24.0 Å². The number of ether oxygens (including phenoxy) is 3. The van der Waals surface area contributed by atoms with Gasteiger partial charge in [-0.2, -0.15) is 0 Å². The molecule has 7 nitrogen and oxygen atoms in total. The number of nitrogens with zero attached hydrogens (tertiary/aromatic N) is 3. The lowest BCUT2D eigenvalue weighted by atomic mass is 10.1. The summed E-state index contributed by atoms with van der Waals surface area (Å²) in [6.45, 7) is 5.88. The minimum Gasteiger partial charge on any atom is -0.497 e. The van der Waals surface area contributed by atoms with Crippen LogP contribution in [0.2, 0.25) is 0 Å². The predicted octanol–water partition coefficient (Wildman–Crippen LogP) is 2.94. The first kappa shape index (κ1) is 22.5. The average molecular weight is 524 g/mol. The number of hydrogen-bond donors (Lipinski definition) is 1. The molecule has 1 saturated heterocycles. The van der Waals surface area contributed by atoms with E-state index in [1.165, 1.54) is 11.1 Å². The molecular formula is C22H29IN4O3. The molecule has 0 unspecified atom stereocenters. The molecule has 30 heavy (non-hydrogen) atoms. The van der Waals surface area contributed by atoms with Gasteiger partial charge in [0.25, 0.3) is 0 Å². The quantitative estimate of drug-likeness (QED) is 0.369. The second-order valence-electron chi connectivity index (χ2n) is 7.20. The summed E-state index contributed by atoms with van der Waals surface area (Å²) in [6, 6.07) is 14.3. The van der Waals surface area contributed by atoms with E-state index in [1.807, 2.05) is 25.2 Å². The van der Waals surface area contributed by atoms with Crippen molar-refractivity contribution in [1.29, 1.82) is 0 Å². The van der Waals surface area contributed by atoms with Gasteiger partial charge in [0.05, 0.1) is 7.11 Å². The van der Waals surface area contributed by atoms with Gasteiger partial charge in [0, 0.05) is 46.3 Å². The summed E-state index contributed by atoms with van der Waals surface area (Å²) in [7, 11) is 3.52. The van der Waals surface area contributed by atoms with Crippen molar-refractivity contribution in [3.8, 4) is 17.2 Å². The number of fused-ring (bicyclic) bond motifs is 1. The van der Waals surface area contributed by atoms with Crippen LogP contribution < -0.4 is 19.5 Å². The first-order valence-electron chi connectivity index (χ1n) is 9.94. The number of piperazine rings is 1. The fourth-order valence-corrected chi connectivity index (χ4v) is 3.67. The third-order valence-corrected chi connectivity index (χ3v) is 5.34. The van der Waals surface area contributed by atoms with E-state index in [2.05, 4.69) is 44.4 Å². The number of aliphatic imine (C=N–C) groups is 1. The first-order valence-corrected chi connectivity index (χ1v) is 9.94. The highest BCUT2D eigenvalue weighted by atomic mass is 127. The van der Waals surface area contributed by atoms with Gasteiger partial charge < -0.3 is 24.4 Å². The van der Waals surface area contributed by atoms with Gasteiger partial charge in [-0.1, -0.05) is 18.2 Å². The number of nitrogens with one attached hydrogen (secondary N) is 1. The number of methoxy groups -OCH3 is 1. The highest BCUT2D eigenvalue weighted by molar-refractivity contribution is 14.0. The second-order valence-corrected chi connectivity index (χ2v) is 7.20. The molecule has 2 aliphatic rings. The van der Waals surface area contributed by atoms with Gasteiger partial charge in [0.2, 0.25) is 6.79 Å². The van der Waals surface area contributed by atoms with Crippen LogP contribution in [-0.4, -0.2) is 62.9 Å². The number of guanidine groups is 1. The van der Waals surface area contributed by atoms with Crippen LogP contribution in [0.3, 0.4) is 0 Å². The summed E-state index contributed by atoms with van der Waals surface area (Å²) in [5.41, 5.74) is 2.46. The second kappa shape index (κ2) is 10.7. The maximum absolute atomic E-state index is 5.49. The van der Waals surface area contributed by atoms with Crippen LogP contribution in [0.5, 0.6) is 17.2 Å². The third kappa shape index (κ3) is 5.48. The van der Waals surface area contributed by atoms with E-state index in [0.717, 1.165) is 62.5 Å². The topological polar surface area (TPSA) is 58.6 Å². The van der Waals surface area contributed by atoms with Gasteiger partial charge in [0.15, 0.2) is 17.5 Å². The molecule has 2 aromatic rings. The standard InChI is InChI=1S/C22H28N4O3.HI/c1-23-22(24-14-17-3-6-19(27-2)7-4-17)26-11-9-25(10-12-26)15-18-5-8-20-21(13-18)29-16-28-20;/h3-8,13H,9-12,14-16H2,1-2H3,(H,23,24);1H. The molecule has 0 radical (unpaired) electrons. The van der Waals surface area contributed by atoms with Gasteiger partial charge in [-0.25, -0.2) is 0 Å². The average Bonchev–Trinajstić information content (AvgIpc) is 3.23. The van der Waals surface area contributed by atoms with Gasteiger partial charge in [-0.3, -0.25) is 9.89 Å². The highest BCUT2D eigenvalue weighted by Gasteiger charge is 2.20. The molecule has 0 aliphatic carbocycles. The molecule has 2 aliphatic heterocycles. The van der Waals surface area contributed by atoms with E-state index in [9.17, 15) is 0 Å². The maximum atomic E-state index is 5.49. The molecule has 1 fully saturated rings. The number of benzene rings is 2. The normalized spacial score (nSPS) is 16.2. The number of hydrogen-bond acceptors (Lipinski definition) is 5. The van der Waals surface area contributed by atoms with Crippen molar-refractivity contribution in [3.05, 3.63) is 53.6 Å². The molecule has 2 aromatic carbocycles. The Morgan fingerprint density at radius 3 is 2.40 bits per heavy atom. The largest absolute Gasteiger partial charge is 0.497 e. The van der Waals surface area contributed by atoms with Crippen LogP contribution in [0.1, 0.15) is 11.1 Å². The van der Waals surface area contributed by atoms with Crippen molar-refractivity contribution in [2.75, 3.05) is 47.1 Å². The minimum absolute atomic E-state index is 0.